The van der Waals surface area contributed by atoms with Gasteiger partial charge < -0.3 is 4.74 Å². The molecule has 0 amide bonds. The third kappa shape index (κ3) is 3.07. The molecule has 1 saturated heterocycles. The van der Waals surface area contributed by atoms with Gasteiger partial charge in [0.05, 0.1) is 13.2 Å². The van der Waals surface area contributed by atoms with Crippen molar-refractivity contribution in [3.63, 3.8) is 0 Å². The van der Waals surface area contributed by atoms with Gasteiger partial charge in [-0.25, -0.2) is 0 Å². The number of halogens is 2. The van der Waals surface area contributed by atoms with Crippen molar-refractivity contribution in [1.29, 1.82) is 0 Å². The molecule has 0 N–H and O–H groups in total. The second kappa shape index (κ2) is 5.15. The molecule has 3 heteroatoms. The van der Waals surface area contributed by atoms with Crippen LogP contribution in [-0.2, 0) is 4.74 Å². The molecule has 0 saturated carbocycles. The van der Waals surface area contributed by atoms with Crippen molar-refractivity contribution in [1.82, 2.24) is 0 Å². The van der Waals surface area contributed by atoms with Gasteiger partial charge in [-0.15, -0.1) is 0 Å². The summed E-state index contributed by atoms with van der Waals surface area (Å²) in [5.41, 5.74) is 2.50. The van der Waals surface area contributed by atoms with E-state index in [0.717, 1.165) is 41.1 Å². The van der Waals surface area contributed by atoms with Crippen LogP contribution in [0.15, 0.2) is 28.2 Å². The molecule has 0 radical (unpaired) electrons. The summed E-state index contributed by atoms with van der Waals surface area (Å²) in [6.07, 6.45) is 4.21. The molecule has 0 unspecified atom stereocenters. The second-order valence-electron chi connectivity index (χ2n) is 3.58. The van der Waals surface area contributed by atoms with E-state index < -0.39 is 0 Å². The fraction of sp³-hybridized carbons (Fsp3) is 0.333. The lowest BCUT2D eigenvalue weighted by atomic mass is 10.0. The minimum Gasteiger partial charge on any atom is -0.381 e. The summed E-state index contributed by atoms with van der Waals surface area (Å²) >= 11 is 9.57. The molecule has 1 aromatic rings. The van der Waals surface area contributed by atoms with Gasteiger partial charge in [0.2, 0.25) is 0 Å². The van der Waals surface area contributed by atoms with Crippen molar-refractivity contribution < 1.29 is 4.74 Å². The molecule has 0 bridgehead atoms. The van der Waals surface area contributed by atoms with E-state index in [1.165, 1.54) is 5.57 Å². The molecule has 0 aliphatic carbocycles. The number of ether oxygens (including phenoxy) is 1. The van der Waals surface area contributed by atoms with Crippen LogP contribution in [0.5, 0.6) is 0 Å². The molecular weight excluding hydrogens is 275 g/mol. The van der Waals surface area contributed by atoms with Crippen LogP contribution in [0, 0.1) is 0 Å². The fourth-order valence-electron chi connectivity index (χ4n) is 1.62. The summed E-state index contributed by atoms with van der Waals surface area (Å²) < 4.78 is 6.37. The van der Waals surface area contributed by atoms with Gasteiger partial charge >= 0.3 is 0 Å². The lowest BCUT2D eigenvalue weighted by Gasteiger charge is -2.14. The van der Waals surface area contributed by atoms with Crippen molar-refractivity contribution in [2.45, 2.75) is 12.8 Å². The Bertz CT molecular complexity index is 379. The zero-order valence-corrected chi connectivity index (χ0v) is 10.6. The van der Waals surface area contributed by atoms with Crippen molar-refractivity contribution >= 4 is 33.6 Å². The topological polar surface area (TPSA) is 9.23 Å². The Morgan fingerprint density at radius 1 is 1.27 bits per heavy atom. The largest absolute Gasteiger partial charge is 0.381 e. The van der Waals surface area contributed by atoms with Crippen LogP contribution < -0.4 is 0 Å². The highest BCUT2D eigenvalue weighted by molar-refractivity contribution is 9.10. The number of hydrogen-bond acceptors (Lipinski definition) is 1. The predicted molar refractivity (Wildman–Crippen MR) is 67.2 cm³/mol. The van der Waals surface area contributed by atoms with Gasteiger partial charge in [0.15, 0.2) is 0 Å². The first-order valence-corrected chi connectivity index (χ1v) is 6.15. The minimum absolute atomic E-state index is 0.803. The number of hydrogen-bond donors (Lipinski definition) is 0. The monoisotopic (exact) mass is 286 g/mol. The van der Waals surface area contributed by atoms with Crippen molar-refractivity contribution in [2.24, 2.45) is 0 Å². The van der Waals surface area contributed by atoms with E-state index in [1.54, 1.807) is 0 Å². The van der Waals surface area contributed by atoms with Gasteiger partial charge in [0.25, 0.3) is 0 Å². The lowest BCUT2D eigenvalue weighted by molar-refractivity contribution is 0.119. The Hall–Kier alpha value is -0.310. The summed E-state index contributed by atoms with van der Waals surface area (Å²) in [6.45, 7) is 1.66. The smallest absolute Gasteiger partial charge is 0.0503 e. The molecule has 0 aromatic heterocycles. The maximum absolute atomic E-state index is 6.12. The van der Waals surface area contributed by atoms with E-state index in [9.17, 15) is 0 Å². The molecule has 1 heterocycles. The summed E-state index contributed by atoms with van der Waals surface area (Å²) in [5, 5.41) is 0.803. The van der Waals surface area contributed by atoms with Crippen LogP contribution in [0.4, 0.5) is 0 Å². The van der Waals surface area contributed by atoms with Gasteiger partial charge in [-0.3, -0.25) is 0 Å². The highest BCUT2D eigenvalue weighted by atomic mass is 79.9. The van der Waals surface area contributed by atoms with Crippen molar-refractivity contribution in [3.05, 3.63) is 38.8 Å². The molecule has 0 atom stereocenters. The van der Waals surface area contributed by atoms with E-state index in [2.05, 4.69) is 22.0 Å². The van der Waals surface area contributed by atoms with Crippen LogP contribution in [0.2, 0.25) is 5.02 Å². The first-order valence-electron chi connectivity index (χ1n) is 4.98. The molecule has 1 fully saturated rings. The Labute approximate surface area is 103 Å². The molecule has 15 heavy (non-hydrogen) atoms. The lowest BCUT2D eigenvalue weighted by Crippen LogP contribution is -2.06. The second-order valence-corrected chi connectivity index (χ2v) is 4.90. The SMILES string of the molecule is Clc1ccc(Br)cc1C=C1CCOCC1. The van der Waals surface area contributed by atoms with Crippen LogP contribution in [0.3, 0.4) is 0 Å². The molecule has 1 nitrogen and oxygen atoms in total. The summed E-state index contributed by atoms with van der Waals surface area (Å²) in [5.74, 6) is 0. The maximum atomic E-state index is 6.12. The van der Waals surface area contributed by atoms with Crippen LogP contribution in [0.25, 0.3) is 6.08 Å². The molecule has 1 aliphatic heterocycles. The molecular formula is C12H12BrClO. The summed E-state index contributed by atoms with van der Waals surface area (Å²) in [7, 11) is 0. The zero-order valence-electron chi connectivity index (χ0n) is 8.30. The number of rotatable bonds is 1. The number of benzene rings is 1. The molecule has 0 spiro atoms. The Kier molecular flexibility index (Phi) is 3.84. The fourth-order valence-corrected chi connectivity index (χ4v) is 2.17. The van der Waals surface area contributed by atoms with Gasteiger partial charge in [-0.2, -0.15) is 0 Å². The summed E-state index contributed by atoms with van der Waals surface area (Å²) in [6, 6.07) is 5.91. The van der Waals surface area contributed by atoms with Gasteiger partial charge in [0.1, 0.15) is 0 Å². The van der Waals surface area contributed by atoms with Crippen LogP contribution >= 0.6 is 27.5 Å². The Balaban J connectivity index is 2.25. The molecule has 2 rings (SSSR count). The predicted octanol–water partition coefficient (Wildman–Crippen LogP) is 4.30. The van der Waals surface area contributed by atoms with E-state index in [4.69, 9.17) is 16.3 Å². The third-order valence-corrected chi connectivity index (χ3v) is 3.29. The van der Waals surface area contributed by atoms with E-state index in [1.807, 2.05) is 18.2 Å². The standard InChI is InChI=1S/C12H12BrClO/c13-11-1-2-12(14)10(8-11)7-9-3-5-15-6-4-9/h1-2,7-8H,3-6H2. The first-order chi connectivity index (χ1) is 7.25. The maximum Gasteiger partial charge on any atom is 0.0503 e. The van der Waals surface area contributed by atoms with Gasteiger partial charge in [-0.1, -0.05) is 39.2 Å². The Morgan fingerprint density at radius 2 is 2.00 bits per heavy atom. The average molecular weight is 288 g/mol. The average Bonchev–Trinajstić information content (AvgIpc) is 2.25. The van der Waals surface area contributed by atoms with Gasteiger partial charge in [-0.05, 0) is 36.6 Å². The highest BCUT2D eigenvalue weighted by Gasteiger charge is 2.06. The summed E-state index contributed by atoms with van der Waals surface area (Å²) in [4.78, 5) is 0. The third-order valence-electron chi connectivity index (χ3n) is 2.45. The van der Waals surface area contributed by atoms with Gasteiger partial charge in [0, 0.05) is 9.50 Å². The van der Waals surface area contributed by atoms with Crippen LogP contribution in [-0.4, -0.2) is 13.2 Å². The first kappa shape index (κ1) is 11.2. The zero-order chi connectivity index (χ0) is 10.7. The van der Waals surface area contributed by atoms with E-state index in [0.29, 0.717) is 0 Å². The van der Waals surface area contributed by atoms with Crippen molar-refractivity contribution in [2.75, 3.05) is 13.2 Å². The Morgan fingerprint density at radius 3 is 2.73 bits per heavy atom. The van der Waals surface area contributed by atoms with E-state index in [-0.39, 0.29) is 0 Å². The van der Waals surface area contributed by atoms with Crippen molar-refractivity contribution in [3.8, 4) is 0 Å². The quantitative estimate of drug-likeness (QED) is 0.748. The molecule has 1 aromatic carbocycles. The molecule has 1 aliphatic rings. The van der Waals surface area contributed by atoms with E-state index >= 15 is 0 Å². The highest BCUT2D eigenvalue weighted by Crippen LogP contribution is 2.25. The normalized spacial score (nSPS) is 16.5. The molecule has 80 valence electrons. The minimum atomic E-state index is 0.803. The van der Waals surface area contributed by atoms with Crippen LogP contribution in [0.1, 0.15) is 18.4 Å².